The summed E-state index contributed by atoms with van der Waals surface area (Å²) in [4.78, 5) is 37.6. The molecular weight excluding hydrogens is 540 g/mol. The first-order chi connectivity index (χ1) is 20.4. The highest BCUT2D eigenvalue weighted by atomic mass is 16.7. The molecule has 1 aromatic rings. The van der Waals surface area contributed by atoms with Crippen LogP contribution in [0, 0.1) is 53.3 Å². The molecular formula is C33H36O9. The number of ether oxygens (including phenoxy) is 6. The molecule has 6 bridgehead atoms. The maximum absolute atomic E-state index is 12.5. The van der Waals surface area contributed by atoms with Crippen molar-refractivity contribution in [3.63, 3.8) is 0 Å². The Hall–Kier alpha value is -3.75. The molecule has 9 unspecified atom stereocenters. The van der Waals surface area contributed by atoms with E-state index in [0.717, 1.165) is 38.5 Å². The van der Waals surface area contributed by atoms with Crippen molar-refractivity contribution in [3.05, 3.63) is 54.7 Å². The van der Waals surface area contributed by atoms with Crippen molar-refractivity contribution in [1.82, 2.24) is 0 Å². The first-order valence-electron chi connectivity index (χ1n) is 15.2. The largest absolute Gasteiger partial charge is 0.513 e. The number of benzene rings is 1. The molecule has 3 saturated carbocycles. The quantitative estimate of drug-likeness (QED) is 0.135. The third-order valence-corrected chi connectivity index (χ3v) is 9.95. The van der Waals surface area contributed by atoms with Crippen LogP contribution in [0.5, 0.6) is 17.2 Å². The Bertz CT molecular complexity index is 1140. The van der Waals surface area contributed by atoms with Crippen LogP contribution in [0.1, 0.15) is 38.5 Å². The van der Waals surface area contributed by atoms with Crippen LogP contribution in [0.2, 0.25) is 0 Å². The Morgan fingerprint density at radius 3 is 1.02 bits per heavy atom. The van der Waals surface area contributed by atoms with Crippen LogP contribution in [0.15, 0.2) is 54.7 Å². The standard InChI is InChI=1S/C33H36O9/c34-31(37-16-25-10-19-1-4-22(25)7-19)40-28-13-29(41-32(35)38-17-26-11-20-2-5-23(26)8-20)15-30(14-28)42-33(36)39-18-27-12-21-3-6-24(27)9-21/h1-6,13-15,19-27H,7-12,16-18H2. The molecule has 3 fully saturated rings. The van der Waals surface area contributed by atoms with Crippen LogP contribution in [0.4, 0.5) is 14.4 Å². The Labute approximate surface area is 244 Å². The molecule has 0 N–H and O–H groups in total. The van der Waals surface area contributed by atoms with Crippen molar-refractivity contribution in [1.29, 1.82) is 0 Å². The van der Waals surface area contributed by atoms with Crippen LogP contribution in [-0.2, 0) is 14.2 Å². The molecule has 0 amide bonds. The molecule has 0 aromatic heterocycles. The minimum absolute atomic E-state index is 0.00239. The van der Waals surface area contributed by atoms with Gasteiger partial charge in [-0.25, -0.2) is 14.4 Å². The molecule has 0 spiro atoms. The highest BCUT2D eigenvalue weighted by molar-refractivity contribution is 5.69. The van der Waals surface area contributed by atoms with Gasteiger partial charge in [-0.15, -0.1) is 0 Å². The van der Waals surface area contributed by atoms with Crippen LogP contribution in [-0.4, -0.2) is 38.3 Å². The lowest BCUT2D eigenvalue weighted by Gasteiger charge is -2.18. The second kappa shape index (κ2) is 11.5. The monoisotopic (exact) mass is 576 g/mol. The van der Waals surface area contributed by atoms with Crippen LogP contribution in [0.25, 0.3) is 0 Å². The second-order valence-corrected chi connectivity index (χ2v) is 12.8. The summed E-state index contributed by atoms with van der Waals surface area (Å²) in [6, 6.07) is 4.05. The molecule has 9 nitrogen and oxygen atoms in total. The summed E-state index contributed by atoms with van der Waals surface area (Å²) in [6.45, 7) is 0.789. The Kier molecular flexibility index (Phi) is 7.42. The van der Waals surface area contributed by atoms with Gasteiger partial charge in [-0.2, -0.15) is 0 Å². The highest BCUT2D eigenvalue weighted by Crippen LogP contribution is 2.45. The van der Waals surface area contributed by atoms with Gasteiger partial charge in [0.2, 0.25) is 0 Å². The van der Waals surface area contributed by atoms with E-state index in [1.807, 2.05) is 0 Å². The first-order valence-corrected chi connectivity index (χ1v) is 15.2. The molecule has 222 valence electrons. The normalized spacial score (nSPS) is 34.1. The lowest BCUT2D eigenvalue weighted by molar-refractivity contribution is 0.0771. The minimum Gasteiger partial charge on any atom is -0.434 e. The van der Waals surface area contributed by atoms with E-state index in [2.05, 4.69) is 36.5 Å². The van der Waals surface area contributed by atoms with Gasteiger partial charge < -0.3 is 28.4 Å². The summed E-state index contributed by atoms with van der Waals surface area (Å²) in [5.74, 6) is 3.82. The third kappa shape index (κ3) is 6.05. The van der Waals surface area contributed by atoms with Crippen molar-refractivity contribution in [2.24, 2.45) is 53.3 Å². The molecule has 6 aliphatic carbocycles. The molecule has 0 radical (unpaired) electrons. The van der Waals surface area contributed by atoms with E-state index in [4.69, 9.17) is 28.4 Å². The van der Waals surface area contributed by atoms with Gasteiger partial charge in [0.1, 0.15) is 17.2 Å². The van der Waals surface area contributed by atoms with E-state index >= 15 is 0 Å². The van der Waals surface area contributed by atoms with E-state index in [0.29, 0.717) is 35.5 Å². The smallest absolute Gasteiger partial charge is 0.434 e. The fraction of sp³-hybridized carbons (Fsp3) is 0.545. The molecule has 9 heteroatoms. The van der Waals surface area contributed by atoms with Gasteiger partial charge >= 0.3 is 18.5 Å². The third-order valence-electron chi connectivity index (χ3n) is 9.95. The average Bonchev–Trinajstić information content (AvgIpc) is 3.82. The zero-order valence-electron chi connectivity index (χ0n) is 23.4. The lowest BCUT2D eigenvalue weighted by atomic mass is 9.95. The number of allylic oxidation sites excluding steroid dienone is 6. The first kappa shape index (κ1) is 27.1. The van der Waals surface area contributed by atoms with Crippen molar-refractivity contribution < 1.29 is 42.8 Å². The molecule has 9 atom stereocenters. The zero-order valence-corrected chi connectivity index (χ0v) is 23.4. The Balaban J connectivity index is 0.963. The summed E-state index contributed by atoms with van der Waals surface area (Å²) in [5, 5.41) is 0. The SMILES string of the molecule is O=C(OCC1CC2C=CC1C2)Oc1cc(OC(=O)OCC2CC3C=CC2C3)cc(OC(=O)OCC2CC3C=CC2C3)c1. The fourth-order valence-electron chi connectivity index (χ4n) is 7.88. The van der Waals surface area contributed by atoms with Gasteiger partial charge in [-0.3, -0.25) is 0 Å². The number of fused-ring (bicyclic) bond motifs is 6. The fourth-order valence-corrected chi connectivity index (χ4v) is 7.88. The van der Waals surface area contributed by atoms with Crippen LogP contribution in [0.3, 0.4) is 0 Å². The summed E-state index contributed by atoms with van der Waals surface area (Å²) >= 11 is 0. The maximum atomic E-state index is 12.5. The number of carbonyl (C=O) groups excluding carboxylic acids is 3. The summed E-state index contributed by atoms with van der Waals surface area (Å²) in [5.41, 5.74) is 0. The van der Waals surface area contributed by atoms with Gasteiger partial charge in [0.15, 0.2) is 0 Å². The van der Waals surface area contributed by atoms with Crippen molar-refractivity contribution >= 4 is 18.5 Å². The predicted octanol–water partition coefficient (Wildman–Crippen LogP) is 6.87. The minimum atomic E-state index is -0.885. The number of carbonyl (C=O) groups is 3. The Morgan fingerprint density at radius 1 is 0.476 bits per heavy atom. The van der Waals surface area contributed by atoms with Gasteiger partial charge in [0, 0.05) is 36.0 Å². The number of hydrogen-bond donors (Lipinski definition) is 0. The van der Waals surface area contributed by atoms with E-state index in [9.17, 15) is 14.4 Å². The Morgan fingerprint density at radius 2 is 0.786 bits per heavy atom. The van der Waals surface area contributed by atoms with E-state index in [1.54, 1.807) is 0 Å². The lowest BCUT2D eigenvalue weighted by Crippen LogP contribution is -2.21. The number of rotatable bonds is 9. The topological polar surface area (TPSA) is 107 Å². The molecule has 0 saturated heterocycles. The summed E-state index contributed by atoms with van der Waals surface area (Å²) in [7, 11) is 0. The van der Waals surface area contributed by atoms with Crippen molar-refractivity contribution in [2.75, 3.05) is 19.8 Å². The van der Waals surface area contributed by atoms with Gasteiger partial charge in [-0.05, 0) is 74.0 Å². The molecule has 0 aliphatic heterocycles. The molecule has 0 heterocycles. The second-order valence-electron chi connectivity index (χ2n) is 12.8. The summed E-state index contributed by atoms with van der Waals surface area (Å²) < 4.78 is 32.3. The van der Waals surface area contributed by atoms with Crippen molar-refractivity contribution in [3.8, 4) is 17.2 Å². The van der Waals surface area contributed by atoms with Crippen LogP contribution < -0.4 is 14.2 Å². The van der Waals surface area contributed by atoms with Crippen molar-refractivity contribution in [2.45, 2.75) is 38.5 Å². The number of hydrogen-bond acceptors (Lipinski definition) is 9. The van der Waals surface area contributed by atoms with E-state index in [-0.39, 0.29) is 54.8 Å². The molecule has 6 aliphatic rings. The average molecular weight is 577 g/mol. The highest BCUT2D eigenvalue weighted by Gasteiger charge is 2.38. The predicted molar refractivity (Wildman–Crippen MR) is 149 cm³/mol. The summed E-state index contributed by atoms with van der Waals surface area (Å²) in [6.07, 6.45) is 16.9. The van der Waals surface area contributed by atoms with E-state index in [1.165, 1.54) is 18.2 Å². The molecule has 42 heavy (non-hydrogen) atoms. The molecule has 7 rings (SSSR count). The maximum Gasteiger partial charge on any atom is 0.513 e. The van der Waals surface area contributed by atoms with Gasteiger partial charge in [-0.1, -0.05) is 36.5 Å². The van der Waals surface area contributed by atoms with Gasteiger partial charge in [0.25, 0.3) is 0 Å². The molecule has 1 aromatic carbocycles. The van der Waals surface area contributed by atoms with Gasteiger partial charge in [0.05, 0.1) is 19.8 Å². The van der Waals surface area contributed by atoms with E-state index < -0.39 is 18.5 Å². The zero-order chi connectivity index (χ0) is 28.6. The van der Waals surface area contributed by atoms with Crippen LogP contribution >= 0.6 is 0 Å².